The van der Waals surface area contributed by atoms with Crippen molar-refractivity contribution < 1.29 is 22.7 Å². The molecule has 1 aromatic carbocycles. The largest absolute Gasteiger partial charge is 0.378 e. The molecule has 9 nitrogen and oxygen atoms in total. The number of halogens is 2. The molecule has 196 valence electrons. The number of sulfonamides is 1. The number of amides is 1. The summed E-state index contributed by atoms with van der Waals surface area (Å²) >= 11 is 12.3. The van der Waals surface area contributed by atoms with Crippen LogP contribution >= 0.6 is 23.2 Å². The Morgan fingerprint density at radius 3 is 2.56 bits per heavy atom. The topological polar surface area (TPSA) is 92.3 Å². The summed E-state index contributed by atoms with van der Waals surface area (Å²) < 4.78 is 39.5. The van der Waals surface area contributed by atoms with Gasteiger partial charge in [0.05, 0.1) is 30.9 Å². The number of nitrogens with zero attached hydrogens (tertiary/aromatic N) is 4. The van der Waals surface area contributed by atoms with Gasteiger partial charge in [-0.15, -0.1) is 0 Å². The molecule has 1 atom stereocenters. The first kappa shape index (κ1) is 27.3. The Hall–Kier alpha value is -1.79. The number of piperazine rings is 1. The Morgan fingerprint density at radius 2 is 1.86 bits per heavy atom. The third kappa shape index (κ3) is 6.55. The lowest BCUT2D eigenvalue weighted by Gasteiger charge is -2.36. The molecule has 12 heteroatoms. The van der Waals surface area contributed by atoms with Crippen molar-refractivity contribution in [2.75, 3.05) is 59.2 Å². The molecule has 2 fully saturated rings. The molecule has 4 rings (SSSR count). The van der Waals surface area contributed by atoms with Crippen LogP contribution in [0.1, 0.15) is 11.1 Å². The molecule has 2 saturated heterocycles. The molecule has 2 aliphatic rings. The third-order valence-corrected chi connectivity index (χ3v) is 9.13. The van der Waals surface area contributed by atoms with Gasteiger partial charge in [0.25, 0.3) is 0 Å². The van der Waals surface area contributed by atoms with E-state index in [9.17, 15) is 13.2 Å². The number of hydrogen-bond donors (Lipinski definition) is 0. The van der Waals surface area contributed by atoms with E-state index in [1.54, 1.807) is 30.3 Å². The van der Waals surface area contributed by atoms with Crippen LogP contribution in [0.25, 0.3) is 0 Å². The van der Waals surface area contributed by atoms with E-state index in [4.69, 9.17) is 32.7 Å². The second kappa shape index (κ2) is 12.2. The van der Waals surface area contributed by atoms with Crippen molar-refractivity contribution in [1.82, 2.24) is 19.1 Å². The molecule has 0 aliphatic carbocycles. The number of carbonyl (C=O) groups excluding carboxylic acids is 1. The van der Waals surface area contributed by atoms with Gasteiger partial charge in [-0.25, -0.2) is 8.42 Å². The maximum atomic E-state index is 13.5. The lowest BCUT2D eigenvalue weighted by atomic mass is 10.2. The van der Waals surface area contributed by atoms with E-state index in [0.29, 0.717) is 23.7 Å². The summed E-state index contributed by atoms with van der Waals surface area (Å²) in [6, 6.07) is 6.41. The van der Waals surface area contributed by atoms with Crippen LogP contribution in [0.3, 0.4) is 0 Å². The second-order valence-electron chi connectivity index (χ2n) is 8.91. The van der Waals surface area contributed by atoms with Crippen LogP contribution in [0.15, 0.2) is 41.6 Å². The van der Waals surface area contributed by atoms with Crippen LogP contribution in [-0.4, -0.2) is 98.6 Å². The van der Waals surface area contributed by atoms with E-state index in [1.807, 2.05) is 12.1 Å². The van der Waals surface area contributed by atoms with Crippen LogP contribution in [0.4, 0.5) is 0 Å². The maximum Gasteiger partial charge on any atom is 0.248 e. The molecular formula is C24H30Cl2N4O5S. The zero-order valence-corrected chi connectivity index (χ0v) is 22.4. The number of carbonyl (C=O) groups is 1. The smallest absolute Gasteiger partial charge is 0.248 e. The average molecular weight is 558 g/mol. The van der Waals surface area contributed by atoms with Crippen molar-refractivity contribution in [2.45, 2.75) is 24.4 Å². The average Bonchev–Trinajstić information content (AvgIpc) is 2.84. The lowest BCUT2D eigenvalue weighted by molar-refractivity contribution is -0.139. The summed E-state index contributed by atoms with van der Waals surface area (Å²) in [5, 5.41) is 0.444. The van der Waals surface area contributed by atoms with Crippen LogP contribution in [0, 0.1) is 6.92 Å². The molecule has 1 amide bonds. The van der Waals surface area contributed by atoms with Gasteiger partial charge in [0.2, 0.25) is 15.9 Å². The zero-order chi connectivity index (χ0) is 25.7. The highest BCUT2D eigenvalue weighted by Crippen LogP contribution is 2.32. The minimum absolute atomic E-state index is 0.0289. The van der Waals surface area contributed by atoms with Gasteiger partial charge in [-0.2, -0.15) is 4.31 Å². The number of aromatic nitrogens is 1. The van der Waals surface area contributed by atoms with Gasteiger partial charge >= 0.3 is 0 Å². The molecule has 1 aromatic heterocycles. The summed E-state index contributed by atoms with van der Waals surface area (Å²) in [6.45, 7) is 5.80. The molecule has 0 unspecified atom stereocenters. The molecule has 2 aliphatic heterocycles. The number of pyridine rings is 1. The molecule has 36 heavy (non-hydrogen) atoms. The van der Waals surface area contributed by atoms with Crippen molar-refractivity contribution in [3.05, 3.63) is 57.8 Å². The highest BCUT2D eigenvalue weighted by atomic mass is 35.5. The summed E-state index contributed by atoms with van der Waals surface area (Å²) in [5.41, 5.74) is 1.66. The number of ether oxygens (including phenoxy) is 2. The summed E-state index contributed by atoms with van der Waals surface area (Å²) in [7, 11) is -3.91. The molecule has 0 radical (unpaired) electrons. The van der Waals surface area contributed by atoms with Gasteiger partial charge in [-0.3, -0.25) is 14.7 Å². The van der Waals surface area contributed by atoms with Crippen LogP contribution in [-0.2, 0) is 30.8 Å². The molecule has 0 spiro atoms. The van der Waals surface area contributed by atoms with Crippen LogP contribution in [0.2, 0.25) is 10.0 Å². The third-order valence-electron chi connectivity index (χ3n) is 6.35. The Balaban J connectivity index is 1.30. The Kier molecular flexibility index (Phi) is 9.21. The summed E-state index contributed by atoms with van der Waals surface area (Å²) in [5.74, 6) is -0.110. The maximum absolute atomic E-state index is 13.5. The fourth-order valence-electron chi connectivity index (χ4n) is 4.50. The first-order valence-electron chi connectivity index (χ1n) is 11.8. The molecule has 3 heterocycles. The SMILES string of the molecule is Cc1cc(Cl)cc(Cl)c1S(=O)(=O)N1CCOC[C@H]1COCC(=O)N1CCN(Cc2ccncc2)CC1. The standard InChI is InChI=1S/C24H30Cl2N4O5S/c1-18-12-20(25)13-22(26)24(18)36(32,33)30-10-11-34-15-21(30)16-35-17-23(31)29-8-6-28(7-9-29)14-19-2-4-27-5-3-19/h2-5,12-13,21H,6-11,14-17H2,1H3/t21-/m0/s1. The highest BCUT2D eigenvalue weighted by Gasteiger charge is 2.36. The van der Waals surface area contributed by atoms with E-state index in [1.165, 1.54) is 15.9 Å². The van der Waals surface area contributed by atoms with Gasteiger partial charge < -0.3 is 14.4 Å². The van der Waals surface area contributed by atoms with Gasteiger partial charge in [0.15, 0.2) is 0 Å². The first-order valence-corrected chi connectivity index (χ1v) is 14.0. The van der Waals surface area contributed by atoms with Crippen LogP contribution < -0.4 is 0 Å². The Bertz CT molecular complexity index is 1140. The minimum Gasteiger partial charge on any atom is -0.378 e. The second-order valence-corrected chi connectivity index (χ2v) is 11.6. The van der Waals surface area contributed by atoms with E-state index in [-0.39, 0.29) is 48.8 Å². The lowest BCUT2D eigenvalue weighted by Crippen LogP contribution is -2.52. The fraction of sp³-hybridized carbons (Fsp3) is 0.500. The molecule has 0 bridgehead atoms. The fourth-order valence-corrected chi connectivity index (χ4v) is 7.22. The molecular weight excluding hydrogens is 527 g/mol. The van der Waals surface area contributed by atoms with E-state index in [2.05, 4.69) is 9.88 Å². The van der Waals surface area contributed by atoms with Crippen molar-refractivity contribution in [1.29, 1.82) is 0 Å². The van der Waals surface area contributed by atoms with E-state index < -0.39 is 16.1 Å². The summed E-state index contributed by atoms with van der Waals surface area (Å²) in [6.07, 6.45) is 3.56. The van der Waals surface area contributed by atoms with Crippen LogP contribution in [0.5, 0.6) is 0 Å². The predicted molar refractivity (Wildman–Crippen MR) is 137 cm³/mol. The quantitative estimate of drug-likeness (QED) is 0.493. The Labute approximate surface area is 221 Å². The van der Waals surface area contributed by atoms with Crippen molar-refractivity contribution in [3.8, 4) is 0 Å². The van der Waals surface area contributed by atoms with Crippen molar-refractivity contribution >= 4 is 39.1 Å². The van der Waals surface area contributed by atoms with Gasteiger partial charge in [-0.05, 0) is 42.3 Å². The molecule has 2 aromatic rings. The first-order chi connectivity index (χ1) is 17.3. The van der Waals surface area contributed by atoms with Gasteiger partial charge in [0, 0.05) is 56.7 Å². The van der Waals surface area contributed by atoms with E-state index in [0.717, 1.165) is 19.6 Å². The monoisotopic (exact) mass is 556 g/mol. The number of benzene rings is 1. The molecule has 0 N–H and O–H groups in total. The number of aryl methyl sites for hydroxylation is 1. The van der Waals surface area contributed by atoms with Gasteiger partial charge in [0.1, 0.15) is 11.5 Å². The molecule has 0 saturated carbocycles. The normalized spacial score (nSPS) is 20.0. The number of hydrogen-bond acceptors (Lipinski definition) is 7. The highest BCUT2D eigenvalue weighted by molar-refractivity contribution is 7.89. The number of rotatable bonds is 8. The van der Waals surface area contributed by atoms with Crippen molar-refractivity contribution in [3.63, 3.8) is 0 Å². The van der Waals surface area contributed by atoms with E-state index >= 15 is 0 Å². The van der Waals surface area contributed by atoms with Crippen molar-refractivity contribution in [2.24, 2.45) is 0 Å². The minimum atomic E-state index is -3.91. The zero-order valence-electron chi connectivity index (χ0n) is 20.1. The Morgan fingerprint density at radius 1 is 1.14 bits per heavy atom. The number of morpholine rings is 1. The van der Waals surface area contributed by atoms with Gasteiger partial charge in [-0.1, -0.05) is 23.2 Å². The summed E-state index contributed by atoms with van der Waals surface area (Å²) in [4.78, 5) is 20.9. The predicted octanol–water partition coefficient (Wildman–Crippen LogP) is 2.45.